The molecule has 0 unspecified atom stereocenters. The van der Waals surface area contributed by atoms with Crippen molar-refractivity contribution in [1.82, 2.24) is 0 Å². The number of rotatable bonds is 3. The molecule has 1 aliphatic rings. The Kier molecular flexibility index (Phi) is 4.31. The number of hydrogen-bond donors (Lipinski definition) is 0. The monoisotopic (exact) mass is 370 g/mol. The van der Waals surface area contributed by atoms with Gasteiger partial charge in [-0.3, -0.25) is 0 Å². The second kappa shape index (κ2) is 6.05. The maximum absolute atomic E-state index is 13.0. The van der Waals surface area contributed by atoms with E-state index in [1.54, 1.807) is 24.3 Å². The molecule has 1 saturated heterocycles. The smallest absolute Gasteiger partial charge is 0.205 e. The number of hydrogen-bond acceptors (Lipinski definition) is 2. The first kappa shape index (κ1) is 15.0. The fraction of sp³-hybridized carbons (Fsp3) is 0.250. The summed E-state index contributed by atoms with van der Waals surface area (Å²) in [4.78, 5) is 0. The highest BCUT2D eigenvalue weighted by molar-refractivity contribution is 9.09. The number of benzene rings is 2. The second-order valence-electron chi connectivity index (χ2n) is 4.86. The number of alkyl halides is 1. The minimum Gasteiger partial charge on any atom is -0.342 e. The molecule has 2 aromatic rings. The molecule has 2 atom stereocenters. The van der Waals surface area contributed by atoms with E-state index in [1.807, 2.05) is 12.1 Å². The van der Waals surface area contributed by atoms with Gasteiger partial charge >= 0.3 is 0 Å². The van der Waals surface area contributed by atoms with Crippen LogP contribution in [0, 0.1) is 5.82 Å². The molecule has 0 aliphatic carbocycles. The predicted octanol–water partition coefficient (Wildman–Crippen LogP) is 4.81. The molecule has 0 saturated carbocycles. The van der Waals surface area contributed by atoms with E-state index in [-0.39, 0.29) is 11.9 Å². The van der Waals surface area contributed by atoms with Crippen LogP contribution in [0.2, 0.25) is 5.02 Å². The van der Waals surface area contributed by atoms with Gasteiger partial charge in [-0.1, -0.05) is 51.8 Å². The van der Waals surface area contributed by atoms with Gasteiger partial charge < -0.3 is 9.47 Å². The Bertz CT molecular complexity index is 617. The highest BCUT2D eigenvalue weighted by atomic mass is 79.9. The lowest BCUT2D eigenvalue weighted by molar-refractivity contribution is -0.157. The van der Waals surface area contributed by atoms with Crippen LogP contribution >= 0.6 is 27.5 Å². The zero-order valence-electron chi connectivity index (χ0n) is 11.1. The average molecular weight is 372 g/mol. The SMILES string of the molecule is Fc1ccc([C@@H]2CO[C@@](CBr)(c3ccc(Cl)cc3)O2)cc1. The van der Waals surface area contributed by atoms with Crippen molar-refractivity contribution in [2.24, 2.45) is 0 Å². The fourth-order valence-electron chi connectivity index (χ4n) is 2.35. The summed E-state index contributed by atoms with van der Waals surface area (Å²) in [6, 6.07) is 13.7. The Balaban J connectivity index is 1.85. The summed E-state index contributed by atoms with van der Waals surface area (Å²) in [7, 11) is 0. The highest BCUT2D eigenvalue weighted by Crippen LogP contribution is 2.41. The van der Waals surface area contributed by atoms with Crippen molar-refractivity contribution in [2.45, 2.75) is 11.9 Å². The van der Waals surface area contributed by atoms with Crippen LogP contribution in [-0.4, -0.2) is 11.9 Å². The molecule has 5 heteroatoms. The molecule has 2 aromatic carbocycles. The first-order chi connectivity index (χ1) is 10.1. The highest BCUT2D eigenvalue weighted by Gasteiger charge is 2.42. The van der Waals surface area contributed by atoms with E-state index in [9.17, 15) is 4.39 Å². The van der Waals surface area contributed by atoms with E-state index >= 15 is 0 Å². The lowest BCUT2D eigenvalue weighted by Crippen LogP contribution is -2.29. The first-order valence-corrected chi connectivity index (χ1v) is 8.02. The molecular formula is C16H13BrClFO2. The van der Waals surface area contributed by atoms with Crippen molar-refractivity contribution in [3.05, 3.63) is 70.5 Å². The van der Waals surface area contributed by atoms with Gasteiger partial charge in [-0.25, -0.2) is 4.39 Å². The molecule has 3 rings (SSSR count). The first-order valence-electron chi connectivity index (χ1n) is 6.52. The van der Waals surface area contributed by atoms with E-state index < -0.39 is 5.79 Å². The van der Waals surface area contributed by atoms with Gasteiger partial charge in [0, 0.05) is 10.6 Å². The van der Waals surface area contributed by atoms with E-state index in [2.05, 4.69) is 15.9 Å². The normalized spacial score (nSPS) is 25.2. The number of halogens is 3. The van der Waals surface area contributed by atoms with Crippen LogP contribution in [0.3, 0.4) is 0 Å². The third-order valence-electron chi connectivity index (χ3n) is 3.50. The zero-order chi connectivity index (χ0) is 14.9. The van der Waals surface area contributed by atoms with Gasteiger partial charge in [-0.2, -0.15) is 0 Å². The van der Waals surface area contributed by atoms with Crippen molar-refractivity contribution < 1.29 is 13.9 Å². The largest absolute Gasteiger partial charge is 0.342 e. The van der Waals surface area contributed by atoms with Gasteiger partial charge in [-0.05, 0) is 29.8 Å². The maximum Gasteiger partial charge on any atom is 0.205 e. The van der Waals surface area contributed by atoms with Crippen LogP contribution in [0.1, 0.15) is 17.2 Å². The van der Waals surface area contributed by atoms with E-state index in [4.69, 9.17) is 21.1 Å². The molecule has 0 amide bonds. The fourth-order valence-corrected chi connectivity index (χ4v) is 3.10. The molecule has 21 heavy (non-hydrogen) atoms. The summed E-state index contributed by atoms with van der Waals surface area (Å²) in [5.74, 6) is -1.11. The molecule has 110 valence electrons. The second-order valence-corrected chi connectivity index (χ2v) is 5.86. The lowest BCUT2D eigenvalue weighted by atomic mass is 10.1. The van der Waals surface area contributed by atoms with Crippen LogP contribution in [0.4, 0.5) is 4.39 Å². The van der Waals surface area contributed by atoms with Gasteiger partial charge in [0.05, 0.1) is 11.9 Å². The summed E-state index contributed by atoms with van der Waals surface area (Å²) < 4.78 is 25.0. The molecule has 2 nitrogen and oxygen atoms in total. The molecule has 1 fully saturated rings. The Labute approximate surface area is 136 Å². The van der Waals surface area contributed by atoms with Crippen LogP contribution in [0.5, 0.6) is 0 Å². The van der Waals surface area contributed by atoms with Crippen LogP contribution in [0.25, 0.3) is 0 Å². The third-order valence-corrected chi connectivity index (χ3v) is 4.49. The molecule has 1 heterocycles. The van der Waals surface area contributed by atoms with Crippen molar-refractivity contribution in [2.75, 3.05) is 11.9 Å². The number of ether oxygens (including phenoxy) is 2. The van der Waals surface area contributed by atoms with Crippen molar-refractivity contribution >= 4 is 27.5 Å². The summed E-state index contributed by atoms with van der Waals surface area (Å²) >= 11 is 9.37. The molecule has 0 spiro atoms. The molecule has 0 aromatic heterocycles. The van der Waals surface area contributed by atoms with Crippen molar-refractivity contribution in [3.8, 4) is 0 Å². The summed E-state index contributed by atoms with van der Waals surface area (Å²) in [6.45, 7) is 0.417. The molecule has 0 N–H and O–H groups in total. The topological polar surface area (TPSA) is 18.5 Å². The predicted molar refractivity (Wildman–Crippen MR) is 83.1 cm³/mol. The average Bonchev–Trinajstić information content (AvgIpc) is 2.94. The van der Waals surface area contributed by atoms with Gasteiger partial charge in [-0.15, -0.1) is 0 Å². The van der Waals surface area contributed by atoms with Crippen LogP contribution < -0.4 is 0 Å². The Morgan fingerprint density at radius 3 is 2.43 bits per heavy atom. The van der Waals surface area contributed by atoms with Gasteiger partial charge in [0.1, 0.15) is 11.9 Å². The lowest BCUT2D eigenvalue weighted by Gasteiger charge is -2.26. The standard InChI is InChI=1S/C16H13BrClFO2/c17-10-16(12-3-5-13(18)6-4-12)20-9-15(21-16)11-1-7-14(19)8-2-11/h1-8,15H,9-10H2/t15-,16+/m0/s1. The summed E-state index contributed by atoms with van der Waals surface area (Å²) in [6.07, 6.45) is -0.223. The minimum atomic E-state index is -0.844. The quantitative estimate of drug-likeness (QED) is 0.721. The van der Waals surface area contributed by atoms with Crippen molar-refractivity contribution in [3.63, 3.8) is 0 Å². The van der Waals surface area contributed by atoms with Crippen molar-refractivity contribution in [1.29, 1.82) is 0 Å². The van der Waals surface area contributed by atoms with Gasteiger partial charge in [0.15, 0.2) is 0 Å². The Morgan fingerprint density at radius 1 is 1.14 bits per heavy atom. The summed E-state index contributed by atoms with van der Waals surface area (Å²) in [5.41, 5.74) is 1.79. The van der Waals surface area contributed by atoms with E-state index in [1.165, 1.54) is 12.1 Å². The van der Waals surface area contributed by atoms with E-state index in [0.717, 1.165) is 11.1 Å². The molecule has 0 bridgehead atoms. The Hall–Kier alpha value is -0.940. The van der Waals surface area contributed by atoms with Crippen LogP contribution in [0.15, 0.2) is 48.5 Å². The zero-order valence-corrected chi connectivity index (χ0v) is 13.4. The molecule has 0 radical (unpaired) electrons. The van der Waals surface area contributed by atoms with Gasteiger partial charge in [0.2, 0.25) is 5.79 Å². The maximum atomic E-state index is 13.0. The minimum absolute atomic E-state index is 0.223. The van der Waals surface area contributed by atoms with Gasteiger partial charge in [0.25, 0.3) is 0 Å². The molecular weight excluding hydrogens is 359 g/mol. The molecule has 1 aliphatic heterocycles. The summed E-state index contributed by atoms with van der Waals surface area (Å²) in [5, 5.41) is 1.16. The van der Waals surface area contributed by atoms with E-state index in [0.29, 0.717) is 17.0 Å². The Morgan fingerprint density at radius 2 is 1.81 bits per heavy atom. The third kappa shape index (κ3) is 2.99. The van der Waals surface area contributed by atoms with Crippen LogP contribution in [-0.2, 0) is 15.3 Å².